The predicted molar refractivity (Wildman–Crippen MR) is 250 cm³/mol. The number of carbonyl (C=O) groups is 3. The number of quaternary nitrogens is 1. The maximum atomic E-state index is 12.8. The zero-order valence-corrected chi connectivity index (χ0v) is 39.9. The summed E-state index contributed by atoms with van der Waals surface area (Å²) in [5, 5.41) is 11.6. The molecule has 0 radical (unpaired) electrons. The molecule has 0 N–H and O–H groups in total. The molecule has 0 fully saturated rings. The molecule has 0 aliphatic rings. The van der Waals surface area contributed by atoms with Crippen LogP contribution in [0.15, 0.2) is 36.5 Å². The number of hydrogen-bond acceptors (Lipinski definition) is 7. The van der Waals surface area contributed by atoms with Crippen molar-refractivity contribution in [3.8, 4) is 0 Å². The third kappa shape index (κ3) is 40.9. The second kappa shape index (κ2) is 43.2. The fraction of sp³-hybridized carbons (Fsp3) is 0.827. The SMILES string of the molecule is CCCCCCCC/C=C/C/C=C/CCC(=O)OCC(COCCC(C(=O)[O-])[N+](C)(C)C)OC(=O)CCCCCCCCC/C=C/CCCCCCCCCCCCCC. The highest BCUT2D eigenvalue weighted by Crippen LogP contribution is 2.15. The first-order valence-electron chi connectivity index (χ1n) is 25.0. The maximum absolute atomic E-state index is 12.8. The average molecular weight is 846 g/mol. The molecule has 350 valence electrons. The fourth-order valence-electron chi connectivity index (χ4n) is 7.35. The van der Waals surface area contributed by atoms with E-state index in [1.165, 1.54) is 154 Å². The van der Waals surface area contributed by atoms with Crippen molar-refractivity contribution in [2.75, 3.05) is 41.0 Å². The minimum atomic E-state index is -1.13. The summed E-state index contributed by atoms with van der Waals surface area (Å²) < 4.78 is 17.1. The number of allylic oxidation sites excluding steroid dienone is 6. The van der Waals surface area contributed by atoms with Gasteiger partial charge in [-0.25, -0.2) is 0 Å². The molecule has 0 aromatic rings. The second-order valence-electron chi connectivity index (χ2n) is 18.0. The Labute approximate surface area is 370 Å². The van der Waals surface area contributed by atoms with Crippen LogP contribution in [-0.4, -0.2) is 75.5 Å². The Kier molecular flexibility index (Phi) is 41.4. The van der Waals surface area contributed by atoms with E-state index in [0.29, 0.717) is 12.8 Å². The summed E-state index contributed by atoms with van der Waals surface area (Å²) in [7, 11) is 5.40. The van der Waals surface area contributed by atoms with Gasteiger partial charge in [-0.2, -0.15) is 0 Å². The van der Waals surface area contributed by atoms with Gasteiger partial charge in [0, 0.05) is 19.3 Å². The van der Waals surface area contributed by atoms with E-state index in [1.807, 2.05) is 6.08 Å². The number of rotatable bonds is 45. The highest BCUT2D eigenvalue weighted by molar-refractivity contribution is 5.70. The molecule has 0 aromatic carbocycles. The third-order valence-corrected chi connectivity index (χ3v) is 11.3. The van der Waals surface area contributed by atoms with Crippen molar-refractivity contribution < 1.29 is 38.2 Å². The van der Waals surface area contributed by atoms with Gasteiger partial charge in [0.05, 0.1) is 40.3 Å². The molecular weight excluding hydrogens is 751 g/mol. The number of unbranched alkanes of at least 4 members (excludes halogenated alkanes) is 25. The summed E-state index contributed by atoms with van der Waals surface area (Å²) in [6, 6.07) is -0.733. The predicted octanol–water partition coefficient (Wildman–Crippen LogP) is 12.9. The van der Waals surface area contributed by atoms with Crippen LogP contribution in [-0.2, 0) is 28.6 Å². The van der Waals surface area contributed by atoms with Crippen molar-refractivity contribution in [3.63, 3.8) is 0 Å². The van der Waals surface area contributed by atoms with E-state index in [9.17, 15) is 19.5 Å². The summed E-state index contributed by atoms with van der Waals surface area (Å²) >= 11 is 0. The van der Waals surface area contributed by atoms with Crippen molar-refractivity contribution in [3.05, 3.63) is 36.5 Å². The van der Waals surface area contributed by atoms with Crippen LogP contribution in [0.3, 0.4) is 0 Å². The normalized spacial score (nSPS) is 13.2. The first-order chi connectivity index (χ1) is 29.1. The number of ether oxygens (including phenoxy) is 3. The molecule has 0 amide bonds. The Morgan fingerprint density at radius 1 is 0.500 bits per heavy atom. The first-order valence-corrected chi connectivity index (χ1v) is 25.0. The molecule has 0 bridgehead atoms. The van der Waals surface area contributed by atoms with Gasteiger partial charge in [-0.3, -0.25) is 9.59 Å². The fourth-order valence-corrected chi connectivity index (χ4v) is 7.35. The van der Waals surface area contributed by atoms with Gasteiger partial charge >= 0.3 is 11.9 Å². The van der Waals surface area contributed by atoms with E-state index in [0.717, 1.165) is 32.1 Å². The summed E-state index contributed by atoms with van der Waals surface area (Å²) in [5.41, 5.74) is 0. The molecule has 0 saturated carbocycles. The molecule has 0 rings (SSSR count). The number of carbonyl (C=O) groups excluding carboxylic acids is 3. The Balaban J connectivity index is 4.25. The highest BCUT2D eigenvalue weighted by Gasteiger charge is 2.25. The number of carboxylic acid groups (broad SMARTS) is 1. The molecule has 8 heteroatoms. The van der Waals surface area contributed by atoms with Gasteiger partial charge in [-0.1, -0.05) is 185 Å². The lowest BCUT2D eigenvalue weighted by atomic mass is 10.0. The number of likely N-dealkylation sites (N-methyl/N-ethyl adjacent to an activating group) is 1. The lowest BCUT2D eigenvalue weighted by Crippen LogP contribution is -2.55. The van der Waals surface area contributed by atoms with E-state index < -0.39 is 18.1 Å². The Bertz CT molecular complexity index is 1080. The van der Waals surface area contributed by atoms with Gasteiger partial charge in [0.15, 0.2) is 6.10 Å². The topological polar surface area (TPSA) is 102 Å². The molecule has 0 spiro atoms. The molecule has 0 aliphatic carbocycles. The van der Waals surface area contributed by atoms with Crippen LogP contribution in [0.2, 0.25) is 0 Å². The van der Waals surface area contributed by atoms with Gasteiger partial charge in [-0.05, 0) is 57.8 Å². The quantitative estimate of drug-likeness (QED) is 0.0260. The van der Waals surface area contributed by atoms with Crippen LogP contribution in [0.1, 0.15) is 226 Å². The molecule has 2 unspecified atom stereocenters. The van der Waals surface area contributed by atoms with E-state index in [4.69, 9.17) is 14.2 Å². The average Bonchev–Trinajstić information content (AvgIpc) is 3.21. The maximum Gasteiger partial charge on any atom is 0.306 e. The van der Waals surface area contributed by atoms with E-state index in [-0.39, 0.29) is 49.1 Å². The molecule has 0 aliphatic heterocycles. The van der Waals surface area contributed by atoms with E-state index in [1.54, 1.807) is 21.1 Å². The first kappa shape index (κ1) is 57.5. The molecule has 60 heavy (non-hydrogen) atoms. The molecule has 0 saturated heterocycles. The van der Waals surface area contributed by atoms with Crippen molar-refractivity contribution in [1.29, 1.82) is 0 Å². The standard InChI is InChI=1S/C52H95NO7/c1-6-8-10-12-14-16-18-20-21-22-23-24-25-26-27-28-29-31-33-35-37-39-41-43-51(55)60-48(46-58-45-44-49(52(56)57)53(3,4)5)47-59-50(54)42-40-38-36-34-32-30-19-17-15-13-11-9-7-2/h26-27,30,32,36,38,48-49H,6-25,28-29,31,33-35,37,39-47H2,1-5H3/b27-26+,32-30+,38-36+. The molecule has 0 aromatic heterocycles. The van der Waals surface area contributed by atoms with Gasteiger partial charge in [0.2, 0.25) is 0 Å². The number of nitrogens with zero attached hydrogens (tertiary/aromatic N) is 1. The van der Waals surface area contributed by atoms with E-state index in [2.05, 4.69) is 44.2 Å². The molecule has 2 atom stereocenters. The minimum absolute atomic E-state index is 0.0233. The summed E-state index contributed by atoms with van der Waals surface area (Å²) in [6.45, 7) is 4.61. The van der Waals surface area contributed by atoms with Gasteiger partial charge in [0.25, 0.3) is 0 Å². The zero-order valence-electron chi connectivity index (χ0n) is 39.9. The van der Waals surface area contributed by atoms with Crippen LogP contribution in [0.5, 0.6) is 0 Å². The Morgan fingerprint density at radius 2 is 0.917 bits per heavy atom. The lowest BCUT2D eigenvalue weighted by molar-refractivity contribution is -0.889. The van der Waals surface area contributed by atoms with Crippen LogP contribution in [0.4, 0.5) is 0 Å². The molecule has 8 nitrogen and oxygen atoms in total. The minimum Gasteiger partial charge on any atom is -0.544 e. The summed E-state index contributed by atoms with van der Waals surface area (Å²) in [5.74, 6) is -1.82. The highest BCUT2D eigenvalue weighted by atomic mass is 16.6. The molecule has 0 heterocycles. The van der Waals surface area contributed by atoms with Crippen LogP contribution >= 0.6 is 0 Å². The van der Waals surface area contributed by atoms with E-state index >= 15 is 0 Å². The van der Waals surface area contributed by atoms with Crippen molar-refractivity contribution in [2.24, 2.45) is 0 Å². The number of carboxylic acids is 1. The zero-order chi connectivity index (χ0) is 44.2. The Morgan fingerprint density at radius 3 is 1.37 bits per heavy atom. The molecular formula is C52H95NO7. The Hall–Kier alpha value is -2.45. The van der Waals surface area contributed by atoms with Gasteiger partial charge < -0.3 is 28.6 Å². The smallest absolute Gasteiger partial charge is 0.306 e. The lowest BCUT2D eigenvalue weighted by Gasteiger charge is -2.34. The summed E-state index contributed by atoms with van der Waals surface area (Å²) in [6.07, 6.45) is 50.5. The van der Waals surface area contributed by atoms with Crippen molar-refractivity contribution in [1.82, 2.24) is 0 Å². The van der Waals surface area contributed by atoms with Crippen LogP contribution in [0.25, 0.3) is 0 Å². The van der Waals surface area contributed by atoms with Crippen molar-refractivity contribution in [2.45, 2.75) is 238 Å². The van der Waals surface area contributed by atoms with Crippen LogP contribution in [0, 0.1) is 0 Å². The third-order valence-electron chi connectivity index (χ3n) is 11.3. The number of hydrogen-bond donors (Lipinski definition) is 0. The van der Waals surface area contributed by atoms with Gasteiger partial charge in [0.1, 0.15) is 12.6 Å². The monoisotopic (exact) mass is 846 g/mol. The second-order valence-corrected chi connectivity index (χ2v) is 18.0. The number of esters is 2. The van der Waals surface area contributed by atoms with Crippen LogP contribution < -0.4 is 5.11 Å². The van der Waals surface area contributed by atoms with Crippen molar-refractivity contribution >= 4 is 17.9 Å². The largest absolute Gasteiger partial charge is 0.544 e. The number of aliphatic carboxylic acids is 1. The van der Waals surface area contributed by atoms with Gasteiger partial charge in [-0.15, -0.1) is 0 Å². The summed E-state index contributed by atoms with van der Waals surface area (Å²) in [4.78, 5) is 36.9.